The molecule has 0 rings (SSSR count). The van der Waals surface area contributed by atoms with Gasteiger partial charge < -0.3 is 19.8 Å². The normalized spacial score (nSPS) is 11.3. The quantitative estimate of drug-likeness (QED) is 0.461. The van der Waals surface area contributed by atoms with Crippen LogP contribution in [0.1, 0.15) is 0 Å². The average molecular weight is 225 g/mol. The van der Waals surface area contributed by atoms with Gasteiger partial charge in [0.15, 0.2) is 0 Å². The first-order valence-electron chi connectivity index (χ1n) is 3.70. The van der Waals surface area contributed by atoms with E-state index in [9.17, 15) is 9.36 Å². The van der Waals surface area contributed by atoms with Crippen molar-refractivity contribution >= 4 is 13.6 Å². The summed E-state index contributed by atoms with van der Waals surface area (Å²) in [5.41, 5.74) is 0. The molecule has 0 amide bonds. The molecule has 84 valence electrons. The minimum absolute atomic E-state index is 0.528. The van der Waals surface area contributed by atoms with Gasteiger partial charge in [0, 0.05) is 6.08 Å². The number of hydrogen-bond acceptors (Lipinski definition) is 3. The fraction of sp³-hybridized carbons (Fsp3) is 0.571. The molecule has 0 bridgehead atoms. The number of carboxylic acids is 1. The largest absolute Gasteiger partial charge is 0.478 e. The lowest BCUT2D eigenvalue weighted by Gasteiger charge is -1.95. The van der Waals surface area contributed by atoms with E-state index in [0.717, 1.165) is 6.08 Å². The van der Waals surface area contributed by atoms with Gasteiger partial charge in [-0.15, -0.1) is 0 Å². The van der Waals surface area contributed by atoms with E-state index in [-0.39, 0.29) is 0 Å². The van der Waals surface area contributed by atoms with Crippen molar-refractivity contribution in [3.63, 3.8) is 0 Å². The van der Waals surface area contributed by atoms with Crippen molar-refractivity contribution in [2.45, 2.75) is 0 Å². The highest BCUT2D eigenvalue weighted by atomic mass is 31.2. The lowest BCUT2D eigenvalue weighted by molar-refractivity contribution is -0.131. The molecule has 0 aliphatic heterocycles. The molecule has 0 saturated carbocycles. The van der Waals surface area contributed by atoms with Crippen molar-refractivity contribution in [1.29, 1.82) is 0 Å². The number of allylic oxidation sites excluding steroid dienone is 1. The first kappa shape index (κ1) is 15.8. The standard InChI is InChI=1S/C4H7O5P.C3H9N/c5-4(6)2-1-3-10(7,8)9;1-4(2)3/h1-2H,3H2,(H,5,6)(H2,7,8,9);1-3H3/b2-1+;. The predicted molar refractivity (Wildman–Crippen MR) is 53.3 cm³/mol. The molecule has 0 heterocycles. The van der Waals surface area contributed by atoms with Crippen LogP contribution >= 0.6 is 7.60 Å². The van der Waals surface area contributed by atoms with Gasteiger partial charge in [0.1, 0.15) is 0 Å². The molecule has 0 aromatic rings. The van der Waals surface area contributed by atoms with Gasteiger partial charge in [0.25, 0.3) is 0 Å². The van der Waals surface area contributed by atoms with Crippen molar-refractivity contribution in [3.8, 4) is 0 Å². The zero-order valence-electron chi connectivity index (χ0n) is 8.41. The van der Waals surface area contributed by atoms with Crippen molar-refractivity contribution in [2.75, 3.05) is 27.3 Å². The molecule has 0 aliphatic carbocycles. The summed E-state index contributed by atoms with van der Waals surface area (Å²) in [5.74, 6) is -1.21. The molecule has 0 unspecified atom stereocenters. The highest BCUT2D eigenvalue weighted by Crippen LogP contribution is 2.33. The summed E-state index contributed by atoms with van der Waals surface area (Å²) >= 11 is 0. The van der Waals surface area contributed by atoms with Crippen molar-refractivity contribution in [1.82, 2.24) is 4.90 Å². The Morgan fingerprint density at radius 1 is 1.36 bits per heavy atom. The molecule has 3 N–H and O–H groups in total. The van der Waals surface area contributed by atoms with E-state index in [1.807, 2.05) is 26.0 Å². The molecule has 0 fully saturated rings. The third kappa shape index (κ3) is 30.2. The van der Waals surface area contributed by atoms with Gasteiger partial charge in [0.2, 0.25) is 0 Å². The second kappa shape index (κ2) is 7.70. The van der Waals surface area contributed by atoms with Crippen LogP contribution in [0.3, 0.4) is 0 Å². The second-order valence-electron chi connectivity index (χ2n) is 2.93. The Bertz CT molecular complexity index is 229. The maximum absolute atomic E-state index is 10.1. The van der Waals surface area contributed by atoms with E-state index in [4.69, 9.17) is 14.9 Å². The summed E-state index contributed by atoms with van der Waals surface area (Å²) in [6, 6.07) is 0. The number of carbonyl (C=O) groups is 1. The number of hydrogen-bond donors (Lipinski definition) is 3. The molecule has 0 aromatic carbocycles. The molecule has 0 radical (unpaired) electrons. The molecule has 0 aromatic heterocycles. The van der Waals surface area contributed by atoms with Crippen LogP contribution in [-0.2, 0) is 9.36 Å². The van der Waals surface area contributed by atoms with Crippen molar-refractivity contribution in [2.24, 2.45) is 0 Å². The number of aliphatic carboxylic acids is 1. The van der Waals surface area contributed by atoms with Crippen LogP contribution in [0.5, 0.6) is 0 Å². The summed E-state index contributed by atoms with van der Waals surface area (Å²) in [5, 5.41) is 7.97. The van der Waals surface area contributed by atoms with Gasteiger partial charge in [-0.25, -0.2) is 4.79 Å². The van der Waals surface area contributed by atoms with Gasteiger partial charge in [-0.3, -0.25) is 4.57 Å². The van der Waals surface area contributed by atoms with E-state index < -0.39 is 19.7 Å². The Morgan fingerprint density at radius 3 is 1.93 bits per heavy atom. The summed E-state index contributed by atoms with van der Waals surface area (Å²) in [6.45, 7) is 0. The van der Waals surface area contributed by atoms with Crippen LogP contribution in [0, 0.1) is 0 Å². The Balaban J connectivity index is 0. The number of carboxylic acid groups (broad SMARTS) is 1. The van der Waals surface area contributed by atoms with Crippen molar-refractivity contribution in [3.05, 3.63) is 12.2 Å². The van der Waals surface area contributed by atoms with E-state index in [1.54, 1.807) is 0 Å². The smallest absolute Gasteiger partial charge is 0.329 e. The van der Waals surface area contributed by atoms with Gasteiger partial charge in [-0.1, -0.05) is 6.08 Å². The van der Waals surface area contributed by atoms with Gasteiger partial charge in [0.05, 0.1) is 6.16 Å². The maximum Gasteiger partial charge on any atom is 0.329 e. The van der Waals surface area contributed by atoms with E-state index in [0.29, 0.717) is 6.08 Å². The summed E-state index contributed by atoms with van der Waals surface area (Å²) in [6.07, 6.45) is 1.08. The molecular formula is C7H16NO5P. The van der Waals surface area contributed by atoms with E-state index in [1.165, 1.54) is 0 Å². The molecule has 0 aliphatic rings. The van der Waals surface area contributed by atoms with Crippen LogP contribution in [0.15, 0.2) is 12.2 Å². The van der Waals surface area contributed by atoms with E-state index >= 15 is 0 Å². The van der Waals surface area contributed by atoms with Crippen LogP contribution in [0.25, 0.3) is 0 Å². The fourth-order valence-electron chi connectivity index (χ4n) is 0.291. The predicted octanol–water partition coefficient (Wildman–Crippen LogP) is -0.0173. The molecule has 6 nitrogen and oxygen atoms in total. The van der Waals surface area contributed by atoms with Crippen LogP contribution in [0.2, 0.25) is 0 Å². The Kier molecular flexibility index (Phi) is 8.68. The lowest BCUT2D eigenvalue weighted by Crippen LogP contribution is -1.99. The highest BCUT2D eigenvalue weighted by Gasteiger charge is 2.08. The van der Waals surface area contributed by atoms with Crippen LogP contribution in [-0.4, -0.2) is 53.1 Å². The van der Waals surface area contributed by atoms with Gasteiger partial charge >= 0.3 is 13.6 Å². The monoisotopic (exact) mass is 225 g/mol. The number of rotatable bonds is 3. The molecule has 0 saturated heterocycles. The minimum Gasteiger partial charge on any atom is -0.478 e. The Labute approximate surface area is 83.0 Å². The zero-order chi connectivity index (χ0) is 11.8. The minimum atomic E-state index is -4.07. The fourth-order valence-corrected chi connectivity index (χ4v) is 0.671. The lowest BCUT2D eigenvalue weighted by atomic mass is 10.5. The molecule has 7 heteroatoms. The molecule has 14 heavy (non-hydrogen) atoms. The highest BCUT2D eigenvalue weighted by molar-refractivity contribution is 7.51. The first-order valence-corrected chi connectivity index (χ1v) is 5.50. The molecular weight excluding hydrogens is 209 g/mol. The van der Waals surface area contributed by atoms with Crippen molar-refractivity contribution < 1.29 is 24.3 Å². The Morgan fingerprint density at radius 2 is 1.71 bits per heavy atom. The summed E-state index contributed by atoms with van der Waals surface area (Å²) in [7, 11) is 1.93. The summed E-state index contributed by atoms with van der Waals surface area (Å²) < 4.78 is 10.1. The first-order chi connectivity index (χ1) is 6.15. The van der Waals surface area contributed by atoms with Gasteiger partial charge in [-0.2, -0.15) is 0 Å². The topological polar surface area (TPSA) is 98.1 Å². The third-order valence-corrected chi connectivity index (χ3v) is 1.29. The average Bonchev–Trinajstić information content (AvgIpc) is 1.80. The van der Waals surface area contributed by atoms with E-state index in [2.05, 4.69) is 0 Å². The van der Waals surface area contributed by atoms with Crippen LogP contribution in [0.4, 0.5) is 0 Å². The SMILES string of the molecule is CN(C)C.O=C(O)/C=C/CP(=O)(O)O. The third-order valence-electron chi connectivity index (χ3n) is 0.604. The Hall–Kier alpha value is -0.680. The molecule has 0 spiro atoms. The maximum atomic E-state index is 10.1. The summed E-state index contributed by atoms with van der Waals surface area (Å²) in [4.78, 5) is 28.1. The van der Waals surface area contributed by atoms with Crippen LogP contribution < -0.4 is 0 Å². The zero-order valence-corrected chi connectivity index (χ0v) is 9.31. The molecule has 0 atom stereocenters. The second-order valence-corrected chi connectivity index (χ2v) is 4.62. The number of nitrogens with zero attached hydrogens (tertiary/aromatic N) is 1. The van der Waals surface area contributed by atoms with Gasteiger partial charge in [-0.05, 0) is 21.1 Å².